The molecule has 0 saturated carbocycles. The summed E-state index contributed by atoms with van der Waals surface area (Å²) in [6, 6.07) is 5.38. The minimum Gasteiger partial charge on any atom is -0.337 e. The van der Waals surface area contributed by atoms with Crippen molar-refractivity contribution < 1.29 is 13.2 Å². The molecule has 154 valence electrons. The number of sulfonamides is 1. The minimum absolute atomic E-state index is 0.0496. The molecule has 0 unspecified atom stereocenters. The summed E-state index contributed by atoms with van der Waals surface area (Å²) in [7, 11) is -1.89. The molecular weight excluding hydrogens is 434 g/mol. The lowest BCUT2D eigenvalue weighted by Crippen LogP contribution is -2.41. The van der Waals surface area contributed by atoms with E-state index in [0.29, 0.717) is 28.8 Å². The van der Waals surface area contributed by atoms with Gasteiger partial charge in [-0.05, 0) is 38.0 Å². The molecule has 4 rings (SSSR count). The summed E-state index contributed by atoms with van der Waals surface area (Å²) >= 11 is 7.36. The number of aromatic nitrogens is 3. The Bertz CT molecular complexity index is 1160. The van der Waals surface area contributed by atoms with Crippen LogP contribution >= 0.6 is 22.9 Å². The molecule has 3 heterocycles. The van der Waals surface area contributed by atoms with Gasteiger partial charge < -0.3 is 9.88 Å². The van der Waals surface area contributed by atoms with Crippen molar-refractivity contribution in [1.29, 1.82) is 0 Å². The second-order valence-corrected chi connectivity index (χ2v) is 10.4. The summed E-state index contributed by atoms with van der Waals surface area (Å²) in [5.41, 5.74) is 0.779. The van der Waals surface area contributed by atoms with Gasteiger partial charge in [-0.25, -0.2) is 18.4 Å². The number of thiazole rings is 1. The summed E-state index contributed by atoms with van der Waals surface area (Å²) in [6.45, 7) is 2.32. The van der Waals surface area contributed by atoms with Crippen LogP contribution in [0.25, 0.3) is 10.2 Å². The largest absolute Gasteiger partial charge is 0.337 e. The highest BCUT2D eigenvalue weighted by molar-refractivity contribution is 7.89. The molecule has 2 aromatic heterocycles. The van der Waals surface area contributed by atoms with Crippen LogP contribution in [0.5, 0.6) is 0 Å². The third-order valence-electron chi connectivity index (χ3n) is 5.10. The molecule has 29 heavy (non-hydrogen) atoms. The lowest BCUT2D eigenvalue weighted by Gasteiger charge is -2.29. The first-order chi connectivity index (χ1) is 13.7. The molecular formula is C18H20ClN5O3S2. The fourth-order valence-electron chi connectivity index (χ4n) is 3.30. The van der Waals surface area contributed by atoms with Crippen molar-refractivity contribution in [2.75, 3.05) is 18.4 Å². The van der Waals surface area contributed by atoms with Gasteiger partial charge in [0.25, 0.3) is 10.0 Å². The minimum atomic E-state index is -3.65. The smallest absolute Gasteiger partial charge is 0.262 e. The van der Waals surface area contributed by atoms with Crippen LogP contribution < -0.4 is 5.32 Å². The number of aryl methyl sites for hydroxylation is 2. The average Bonchev–Trinajstić information content (AvgIpc) is 3.24. The Labute approximate surface area is 177 Å². The van der Waals surface area contributed by atoms with Gasteiger partial charge in [-0.2, -0.15) is 4.31 Å². The van der Waals surface area contributed by atoms with E-state index in [1.807, 2.05) is 12.1 Å². The molecule has 0 aliphatic carbocycles. The van der Waals surface area contributed by atoms with E-state index in [9.17, 15) is 13.2 Å². The van der Waals surface area contributed by atoms with Crippen molar-refractivity contribution in [3.63, 3.8) is 0 Å². The SMILES string of the molecule is Cc1nc(S(=O)(=O)N2CCC(C(=O)Nc3nc4ccc(Cl)cc4s3)CC2)cn1C. The van der Waals surface area contributed by atoms with Crippen LogP contribution in [0.15, 0.2) is 29.4 Å². The summed E-state index contributed by atoms with van der Waals surface area (Å²) < 4.78 is 29.5. The van der Waals surface area contributed by atoms with Gasteiger partial charge in [-0.15, -0.1) is 0 Å². The van der Waals surface area contributed by atoms with Crippen LogP contribution in [0.1, 0.15) is 18.7 Å². The molecule has 1 N–H and O–H groups in total. The van der Waals surface area contributed by atoms with Crippen molar-refractivity contribution in [2.24, 2.45) is 13.0 Å². The van der Waals surface area contributed by atoms with Crippen molar-refractivity contribution in [3.8, 4) is 0 Å². The zero-order valence-corrected chi connectivity index (χ0v) is 18.3. The van der Waals surface area contributed by atoms with E-state index in [1.165, 1.54) is 21.8 Å². The highest BCUT2D eigenvalue weighted by Gasteiger charge is 2.33. The monoisotopic (exact) mass is 453 g/mol. The van der Waals surface area contributed by atoms with Gasteiger partial charge >= 0.3 is 0 Å². The van der Waals surface area contributed by atoms with Crippen LogP contribution in [0.4, 0.5) is 5.13 Å². The Morgan fingerprint density at radius 1 is 1.28 bits per heavy atom. The van der Waals surface area contributed by atoms with Crippen molar-refractivity contribution >= 4 is 54.2 Å². The van der Waals surface area contributed by atoms with Gasteiger partial charge in [0.15, 0.2) is 10.2 Å². The van der Waals surface area contributed by atoms with Gasteiger partial charge in [0.1, 0.15) is 5.82 Å². The zero-order valence-electron chi connectivity index (χ0n) is 15.9. The van der Waals surface area contributed by atoms with Crippen LogP contribution in [0.3, 0.4) is 0 Å². The summed E-state index contributed by atoms with van der Waals surface area (Å²) in [4.78, 5) is 21.2. The van der Waals surface area contributed by atoms with Gasteiger partial charge in [0.2, 0.25) is 5.91 Å². The third kappa shape index (κ3) is 4.02. The molecule has 1 aliphatic rings. The van der Waals surface area contributed by atoms with Gasteiger partial charge in [-0.1, -0.05) is 22.9 Å². The fourth-order valence-corrected chi connectivity index (χ4v) is 5.94. The van der Waals surface area contributed by atoms with Crippen LogP contribution in [0, 0.1) is 12.8 Å². The molecule has 1 aromatic carbocycles. The van der Waals surface area contributed by atoms with E-state index in [-0.39, 0.29) is 29.9 Å². The molecule has 1 fully saturated rings. The number of nitrogens with zero attached hydrogens (tertiary/aromatic N) is 4. The maximum absolute atomic E-state index is 12.8. The van der Waals surface area contributed by atoms with E-state index in [0.717, 1.165) is 10.2 Å². The highest BCUT2D eigenvalue weighted by Crippen LogP contribution is 2.30. The van der Waals surface area contributed by atoms with Crippen molar-refractivity contribution in [1.82, 2.24) is 18.8 Å². The molecule has 1 amide bonds. The molecule has 1 aliphatic heterocycles. The number of anilines is 1. The summed E-state index contributed by atoms with van der Waals surface area (Å²) in [6.07, 6.45) is 2.42. The van der Waals surface area contributed by atoms with Crippen molar-refractivity contribution in [3.05, 3.63) is 35.2 Å². The van der Waals surface area contributed by atoms with Crippen LogP contribution in [-0.2, 0) is 21.9 Å². The van der Waals surface area contributed by atoms with E-state index >= 15 is 0 Å². The number of amides is 1. The van der Waals surface area contributed by atoms with E-state index in [2.05, 4.69) is 15.3 Å². The quantitative estimate of drug-likeness (QED) is 0.654. The third-order valence-corrected chi connectivity index (χ3v) is 8.04. The van der Waals surface area contributed by atoms with Crippen LogP contribution in [0.2, 0.25) is 5.02 Å². The lowest BCUT2D eigenvalue weighted by atomic mass is 9.97. The summed E-state index contributed by atoms with van der Waals surface area (Å²) in [5.74, 6) is 0.235. The Morgan fingerprint density at radius 3 is 2.66 bits per heavy atom. The molecule has 3 aromatic rings. The number of hydrogen-bond acceptors (Lipinski definition) is 6. The number of hydrogen-bond donors (Lipinski definition) is 1. The Kier molecular flexibility index (Phi) is 5.36. The second kappa shape index (κ2) is 7.67. The number of nitrogens with one attached hydrogen (secondary N) is 1. The predicted octanol–water partition coefficient (Wildman–Crippen LogP) is 3.03. The number of imidazole rings is 1. The first-order valence-corrected chi connectivity index (χ1v) is 11.7. The maximum atomic E-state index is 12.8. The number of carbonyl (C=O) groups is 1. The number of rotatable bonds is 4. The molecule has 11 heteroatoms. The van der Waals surface area contributed by atoms with E-state index in [1.54, 1.807) is 24.6 Å². The molecule has 0 radical (unpaired) electrons. The van der Waals surface area contributed by atoms with Gasteiger partial charge in [0.05, 0.1) is 10.2 Å². The second-order valence-electron chi connectivity index (χ2n) is 7.04. The number of carbonyl (C=O) groups excluding carboxylic acids is 1. The normalized spacial score (nSPS) is 16.4. The Balaban J connectivity index is 1.40. The number of halogens is 1. The maximum Gasteiger partial charge on any atom is 0.262 e. The zero-order chi connectivity index (χ0) is 20.8. The summed E-state index contributed by atoms with van der Waals surface area (Å²) in [5, 5.41) is 4.05. The van der Waals surface area contributed by atoms with Crippen LogP contribution in [-0.4, -0.2) is 46.3 Å². The van der Waals surface area contributed by atoms with Gasteiger partial charge in [-0.3, -0.25) is 4.79 Å². The average molecular weight is 454 g/mol. The first-order valence-electron chi connectivity index (χ1n) is 9.11. The van der Waals surface area contributed by atoms with E-state index < -0.39 is 10.0 Å². The molecule has 0 atom stereocenters. The topological polar surface area (TPSA) is 97.2 Å². The van der Waals surface area contributed by atoms with E-state index in [4.69, 9.17) is 11.6 Å². The molecule has 0 spiro atoms. The Hall–Kier alpha value is -2.01. The van der Waals surface area contributed by atoms with Gasteiger partial charge in [0, 0.05) is 37.3 Å². The number of benzene rings is 1. The standard InChI is InChI=1S/C18H20ClN5O3S2/c1-11-20-16(10-23(11)2)29(26,27)24-7-5-12(6-8-24)17(25)22-18-21-14-4-3-13(19)9-15(14)28-18/h3-4,9-10,12H,5-8H2,1-2H3,(H,21,22,25). The number of piperidine rings is 1. The molecule has 0 bridgehead atoms. The fraction of sp³-hybridized carbons (Fsp3) is 0.389. The molecule has 8 nitrogen and oxygen atoms in total. The first kappa shape index (κ1) is 20.3. The number of fused-ring (bicyclic) bond motifs is 1. The predicted molar refractivity (Wildman–Crippen MR) is 113 cm³/mol. The highest BCUT2D eigenvalue weighted by atomic mass is 35.5. The lowest BCUT2D eigenvalue weighted by molar-refractivity contribution is -0.120. The Morgan fingerprint density at radius 2 is 2.00 bits per heavy atom. The molecule has 1 saturated heterocycles. The van der Waals surface area contributed by atoms with Crippen molar-refractivity contribution in [2.45, 2.75) is 24.8 Å².